The van der Waals surface area contributed by atoms with Gasteiger partial charge in [0.25, 0.3) is 0 Å². The number of rotatable bonds is 3. The van der Waals surface area contributed by atoms with Gasteiger partial charge in [-0.1, -0.05) is 24.3 Å². The van der Waals surface area contributed by atoms with Crippen molar-refractivity contribution in [1.82, 2.24) is 10.4 Å². The molecule has 0 amide bonds. The van der Waals surface area contributed by atoms with Gasteiger partial charge in [0.05, 0.1) is 7.11 Å². The fourth-order valence-electron chi connectivity index (χ4n) is 2.09. The smallest absolute Gasteiger partial charge is 0.0575 e. The Bertz CT molecular complexity index is 327. The van der Waals surface area contributed by atoms with E-state index in [-0.39, 0.29) is 0 Å². The number of nitrogens with one attached hydrogen (secondary N) is 1. The molecule has 1 atom stereocenters. The fraction of sp³-hybridized carbons (Fsp3) is 0.500. The van der Waals surface area contributed by atoms with Crippen LogP contribution in [0, 0.1) is 0 Å². The third-order valence-electron chi connectivity index (χ3n) is 2.97. The SMILES string of the molecule is CON(C)CC1NCCc2ccccc21. The number of fused-ring (bicyclic) bond motifs is 1. The van der Waals surface area contributed by atoms with E-state index < -0.39 is 0 Å². The zero-order valence-corrected chi connectivity index (χ0v) is 9.36. The minimum atomic E-state index is 0.389. The Balaban J connectivity index is 2.15. The van der Waals surface area contributed by atoms with Crippen molar-refractivity contribution in [3.05, 3.63) is 35.4 Å². The molecule has 1 N–H and O–H groups in total. The second kappa shape index (κ2) is 4.75. The Kier molecular flexibility index (Phi) is 3.36. The second-order valence-corrected chi connectivity index (χ2v) is 3.95. The van der Waals surface area contributed by atoms with E-state index in [0.717, 1.165) is 19.5 Å². The van der Waals surface area contributed by atoms with Crippen molar-refractivity contribution in [2.24, 2.45) is 0 Å². The zero-order valence-electron chi connectivity index (χ0n) is 9.36. The van der Waals surface area contributed by atoms with Gasteiger partial charge in [-0.3, -0.25) is 0 Å². The van der Waals surface area contributed by atoms with E-state index in [2.05, 4.69) is 29.6 Å². The van der Waals surface area contributed by atoms with Crippen molar-refractivity contribution >= 4 is 0 Å². The van der Waals surface area contributed by atoms with Crippen LogP contribution in [0.2, 0.25) is 0 Å². The van der Waals surface area contributed by atoms with E-state index in [9.17, 15) is 0 Å². The lowest BCUT2D eigenvalue weighted by Gasteiger charge is -2.29. The zero-order chi connectivity index (χ0) is 10.7. The summed E-state index contributed by atoms with van der Waals surface area (Å²) in [7, 11) is 3.66. The number of hydrogen-bond acceptors (Lipinski definition) is 3. The first-order valence-electron chi connectivity index (χ1n) is 5.37. The van der Waals surface area contributed by atoms with E-state index in [1.54, 1.807) is 7.11 Å². The van der Waals surface area contributed by atoms with Gasteiger partial charge in [-0.15, -0.1) is 0 Å². The fourth-order valence-corrected chi connectivity index (χ4v) is 2.09. The molecule has 0 aliphatic carbocycles. The first-order valence-corrected chi connectivity index (χ1v) is 5.37. The van der Waals surface area contributed by atoms with Gasteiger partial charge in [0.1, 0.15) is 0 Å². The van der Waals surface area contributed by atoms with Crippen molar-refractivity contribution in [2.75, 3.05) is 27.2 Å². The Labute approximate surface area is 91.0 Å². The maximum Gasteiger partial charge on any atom is 0.0575 e. The summed E-state index contributed by atoms with van der Waals surface area (Å²) in [6.07, 6.45) is 1.13. The number of likely N-dealkylation sites (N-methyl/N-ethyl adjacent to an activating group) is 1. The molecule has 1 aliphatic rings. The van der Waals surface area contributed by atoms with Crippen LogP contribution in [0.3, 0.4) is 0 Å². The molecule has 0 radical (unpaired) electrons. The lowest BCUT2D eigenvalue weighted by molar-refractivity contribution is -0.114. The van der Waals surface area contributed by atoms with E-state index in [1.165, 1.54) is 11.1 Å². The predicted molar refractivity (Wildman–Crippen MR) is 60.5 cm³/mol. The molecule has 82 valence electrons. The van der Waals surface area contributed by atoms with Crippen LogP contribution >= 0.6 is 0 Å². The van der Waals surface area contributed by atoms with E-state index >= 15 is 0 Å². The van der Waals surface area contributed by atoms with Crippen LogP contribution in [0.4, 0.5) is 0 Å². The molecule has 0 fully saturated rings. The third kappa shape index (κ3) is 2.37. The minimum Gasteiger partial charge on any atom is -0.308 e. The summed E-state index contributed by atoms with van der Waals surface area (Å²) in [6, 6.07) is 9.03. The number of hydrogen-bond donors (Lipinski definition) is 1. The standard InChI is InChI=1S/C12H18N2O/c1-14(15-2)9-12-11-6-4-3-5-10(11)7-8-13-12/h3-6,12-13H,7-9H2,1-2H3. The molecule has 1 aromatic carbocycles. The molecule has 3 nitrogen and oxygen atoms in total. The molecule has 2 rings (SSSR count). The van der Waals surface area contributed by atoms with Gasteiger partial charge in [0, 0.05) is 19.6 Å². The summed E-state index contributed by atoms with van der Waals surface area (Å²) < 4.78 is 0. The van der Waals surface area contributed by atoms with Crippen molar-refractivity contribution in [2.45, 2.75) is 12.5 Å². The molecule has 0 aromatic heterocycles. The summed E-state index contributed by atoms with van der Waals surface area (Å²) in [5, 5.41) is 5.38. The van der Waals surface area contributed by atoms with Gasteiger partial charge in [0.15, 0.2) is 0 Å². The summed E-state index contributed by atoms with van der Waals surface area (Å²) in [5.41, 5.74) is 2.87. The molecule has 1 unspecified atom stereocenters. The van der Waals surface area contributed by atoms with E-state index in [0.29, 0.717) is 6.04 Å². The van der Waals surface area contributed by atoms with Gasteiger partial charge < -0.3 is 10.2 Å². The molecular weight excluding hydrogens is 188 g/mol. The summed E-state index contributed by atoms with van der Waals surface area (Å²) >= 11 is 0. The van der Waals surface area contributed by atoms with Crippen LogP contribution in [0.1, 0.15) is 17.2 Å². The lowest BCUT2D eigenvalue weighted by Crippen LogP contribution is -2.37. The Morgan fingerprint density at radius 3 is 3.07 bits per heavy atom. The summed E-state index contributed by atoms with van der Waals surface area (Å²) in [5.74, 6) is 0. The molecule has 0 bridgehead atoms. The van der Waals surface area contributed by atoms with Gasteiger partial charge >= 0.3 is 0 Å². The van der Waals surface area contributed by atoms with Crippen LogP contribution in [0.25, 0.3) is 0 Å². The maximum absolute atomic E-state index is 5.16. The molecule has 3 heteroatoms. The monoisotopic (exact) mass is 206 g/mol. The van der Waals surface area contributed by atoms with Crippen molar-refractivity contribution in [3.8, 4) is 0 Å². The van der Waals surface area contributed by atoms with Gasteiger partial charge in [-0.25, -0.2) is 0 Å². The molecule has 0 spiro atoms. The van der Waals surface area contributed by atoms with Gasteiger partial charge in [-0.2, -0.15) is 5.06 Å². The molecular formula is C12H18N2O. The molecule has 1 aromatic rings. The average Bonchev–Trinajstić information content (AvgIpc) is 2.29. The highest BCUT2D eigenvalue weighted by Gasteiger charge is 2.20. The molecule has 0 saturated carbocycles. The number of benzene rings is 1. The second-order valence-electron chi connectivity index (χ2n) is 3.95. The number of hydroxylamine groups is 2. The quantitative estimate of drug-likeness (QED) is 0.756. The largest absolute Gasteiger partial charge is 0.308 e. The Hall–Kier alpha value is -0.900. The van der Waals surface area contributed by atoms with Crippen LogP contribution < -0.4 is 5.32 Å². The molecule has 0 saturated heterocycles. The highest BCUT2D eigenvalue weighted by atomic mass is 16.7. The minimum absolute atomic E-state index is 0.389. The molecule has 15 heavy (non-hydrogen) atoms. The Morgan fingerprint density at radius 2 is 2.27 bits per heavy atom. The van der Waals surface area contributed by atoms with Gasteiger partial charge in [-0.05, 0) is 24.1 Å². The molecule has 1 heterocycles. The van der Waals surface area contributed by atoms with Crippen molar-refractivity contribution in [3.63, 3.8) is 0 Å². The maximum atomic E-state index is 5.16. The van der Waals surface area contributed by atoms with Crippen LogP contribution in [0.15, 0.2) is 24.3 Å². The van der Waals surface area contributed by atoms with E-state index in [1.807, 2.05) is 12.1 Å². The van der Waals surface area contributed by atoms with Gasteiger partial charge in [0.2, 0.25) is 0 Å². The van der Waals surface area contributed by atoms with Crippen LogP contribution in [0.5, 0.6) is 0 Å². The number of nitrogens with zero attached hydrogens (tertiary/aromatic N) is 1. The van der Waals surface area contributed by atoms with Crippen molar-refractivity contribution < 1.29 is 4.84 Å². The van der Waals surface area contributed by atoms with Crippen molar-refractivity contribution in [1.29, 1.82) is 0 Å². The van der Waals surface area contributed by atoms with Crippen LogP contribution in [-0.4, -0.2) is 32.3 Å². The highest BCUT2D eigenvalue weighted by molar-refractivity contribution is 5.32. The first kappa shape index (κ1) is 10.6. The first-order chi connectivity index (χ1) is 7.31. The van der Waals surface area contributed by atoms with Crippen LogP contribution in [-0.2, 0) is 11.3 Å². The summed E-state index contributed by atoms with van der Waals surface area (Å²) in [4.78, 5) is 5.16. The predicted octanol–water partition coefficient (Wildman–Crippen LogP) is 1.37. The lowest BCUT2D eigenvalue weighted by atomic mass is 9.94. The highest BCUT2D eigenvalue weighted by Crippen LogP contribution is 2.22. The Morgan fingerprint density at radius 1 is 1.47 bits per heavy atom. The molecule has 1 aliphatic heterocycles. The topological polar surface area (TPSA) is 24.5 Å². The third-order valence-corrected chi connectivity index (χ3v) is 2.97. The normalized spacial score (nSPS) is 20.3. The summed E-state index contributed by atoms with van der Waals surface area (Å²) in [6.45, 7) is 1.94. The average molecular weight is 206 g/mol. The van der Waals surface area contributed by atoms with E-state index in [4.69, 9.17) is 4.84 Å².